The second kappa shape index (κ2) is 11.9. The summed E-state index contributed by atoms with van der Waals surface area (Å²) in [6.07, 6.45) is 0. The van der Waals surface area contributed by atoms with Gasteiger partial charge in [0.15, 0.2) is 5.96 Å². The Hall–Kier alpha value is 0.310. The molecular weight excluding hydrogens is 385 g/mol. The summed E-state index contributed by atoms with van der Waals surface area (Å²) < 4.78 is 5.35. The first-order valence-electron chi connectivity index (χ1n) is 7.41. The number of ether oxygens (including phenoxy) is 1. The summed E-state index contributed by atoms with van der Waals surface area (Å²) in [5, 5.41) is 4.11. The molecule has 1 saturated heterocycles. The van der Waals surface area contributed by atoms with Gasteiger partial charge in [-0.15, -0.1) is 24.0 Å². The summed E-state index contributed by atoms with van der Waals surface area (Å²) in [4.78, 5) is 7.07. The van der Waals surface area contributed by atoms with E-state index in [0.29, 0.717) is 11.9 Å². The topological polar surface area (TPSA) is 36.9 Å². The molecule has 1 aliphatic rings. The van der Waals surface area contributed by atoms with Crippen molar-refractivity contribution in [3.63, 3.8) is 0 Å². The van der Waals surface area contributed by atoms with Gasteiger partial charge in [-0.05, 0) is 19.8 Å². The van der Waals surface area contributed by atoms with E-state index in [1.165, 1.54) is 5.75 Å². The Morgan fingerprint density at radius 1 is 1.45 bits per heavy atom. The molecule has 1 fully saturated rings. The lowest BCUT2D eigenvalue weighted by molar-refractivity contribution is 0.155. The average Bonchev–Trinajstić information content (AvgIpc) is 2.42. The highest BCUT2D eigenvalue weighted by atomic mass is 127. The summed E-state index contributed by atoms with van der Waals surface area (Å²) in [6.45, 7) is 14.1. The van der Waals surface area contributed by atoms with E-state index in [9.17, 15) is 0 Å². The lowest BCUT2D eigenvalue weighted by Crippen LogP contribution is -2.49. The van der Waals surface area contributed by atoms with Crippen LogP contribution >= 0.6 is 35.7 Å². The van der Waals surface area contributed by atoms with Crippen LogP contribution in [-0.4, -0.2) is 61.3 Å². The fraction of sp³-hybridized carbons (Fsp3) is 0.929. The van der Waals surface area contributed by atoms with Gasteiger partial charge < -0.3 is 15.0 Å². The molecule has 4 nitrogen and oxygen atoms in total. The second-order valence-electron chi connectivity index (χ2n) is 5.03. The molecule has 0 aromatic carbocycles. The number of aliphatic imine (C=N–C) groups is 1. The number of halogens is 1. The molecule has 0 aliphatic carbocycles. The lowest BCUT2D eigenvalue weighted by Gasteiger charge is -2.36. The molecule has 1 rings (SSSR count). The first-order valence-corrected chi connectivity index (χ1v) is 8.46. The Labute approximate surface area is 145 Å². The van der Waals surface area contributed by atoms with Crippen LogP contribution in [0.15, 0.2) is 4.99 Å². The number of hydrogen-bond acceptors (Lipinski definition) is 3. The maximum absolute atomic E-state index is 5.35. The Bertz CT molecular complexity index is 277. The van der Waals surface area contributed by atoms with Crippen LogP contribution in [0.2, 0.25) is 0 Å². The van der Waals surface area contributed by atoms with Crippen molar-refractivity contribution in [2.45, 2.75) is 32.9 Å². The van der Waals surface area contributed by atoms with Crippen molar-refractivity contribution in [1.29, 1.82) is 0 Å². The van der Waals surface area contributed by atoms with Crippen molar-refractivity contribution in [3.05, 3.63) is 0 Å². The van der Waals surface area contributed by atoms with Gasteiger partial charge in [-0.1, -0.05) is 13.8 Å². The molecule has 0 aromatic heterocycles. The van der Waals surface area contributed by atoms with Crippen LogP contribution < -0.4 is 5.32 Å². The van der Waals surface area contributed by atoms with Gasteiger partial charge >= 0.3 is 0 Å². The number of rotatable bonds is 6. The van der Waals surface area contributed by atoms with Gasteiger partial charge in [-0.2, -0.15) is 11.8 Å². The third-order valence-corrected chi connectivity index (χ3v) is 4.71. The van der Waals surface area contributed by atoms with Gasteiger partial charge in [-0.25, -0.2) is 0 Å². The van der Waals surface area contributed by atoms with Gasteiger partial charge in [0.25, 0.3) is 0 Å². The Morgan fingerprint density at radius 2 is 2.20 bits per heavy atom. The predicted octanol–water partition coefficient (Wildman–Crippen LogP) is 2.68. The first-order chi connectivity index (χ1) is 9.19. The normalized spacial score (nSPS) is 19.9. The molecule has 1 unspecified atom stereocenters. The van der Waals surface area contributed by atoms with Crippen molar-refractivity contribution in [2.24, 2.45) is 10.9 Å². The quantitative estimate of drug-likeness (QED) is 0.313. The van der Waals surface area contributed by atoms with Gasteiger partial charge in [0, 0.05) is 37.2 Å². The van der Waals surface area contributed by atoms with E-state index in [2.05, 4.69) is 47.7 Å². The van der Waals surface area contributed by atoms with Crippen LogP contribution in [0.3, 0.4) is 0 Å². The fourth-order valence-electron chi connectivity index (χ4n) is 2.06. The number of nitrogens with one attached hydrogen (secondary N) is 1. The summed E-state index contributed by atoms with van der Waals surface area (Å²) >= 11 is 2.09. The molecular formula is C14H30IN3OS. The van der Waals surface area contributed by atoms with Crippen LogP contribution in [0, 0.1) is 5.92 Å². The molecule has 0 amide bonds. The molecule has 0 bridgehead atoms. The molecule has 0 aromatic rings. The number of guanidine groups is 1. The van der Waals surface area contributed by atoms with E-state index < -0.39 is 0 Å². The number of nitrogens with zero attached hydrogens (tertiary/aromatic N) is 2. The maximum atomic E-state index is 5.35. The average molecular weight is 415 g/mol. The summed E-state index contributed by atoms with van der Waals surface area (Å²) in [7, 11) is 0. The molecule has 1 N–H and O–H groups in total. The van der Waals surface area contributed by atoms with E-state index in [4.69, 9.17) is 4.74 Å². The largest absolute Gasteiger partial charge is 0.380 e. The highest BCUT2D eigenvalue weighted by molar-refractivity contribution is 14.0. The molecule has 120 valence electrons. The summed E-state index contributed by atoms with van der Waals surface area (Å²) in [5.74, 6) is 2.96. The maximum Gasteiger partial charge on any atom is 0.194 e. The van der Waals surface area contributed by atoms with Gasteiger partial charge in [0.05, 0.1) is 13.2 Å². The second-order valence-corrected chi connectivity index (χ2v) is 6.38. The predicted molar refractivity (Wildman–Crippen MR) is 101 cm³/mol. The van der Waals surface area contributed by atoms with Crippen molar-refractivity contribution in [3.8, 4) is 0 Å². The minimum atomic E-state index is 0. The van der Waals surface area contributed by atoms with Gasteiger partial charge in [-0.3, -0.25) is 4.99 Å². The Balaban J connectivity index is 0.00000361. The molecule has 1 atom stereocenters. The zero-order valence-corrected chi connectivity index (χ0v) is 16.4. The smallest absolute Gasteiger partial charge is 0.194 e. The van der Waals surface area contributed by atoms with E-state index in [0.717, 1.165) is 44.7 Å². The molecule has 1 aliphatic heterocycles. The van der Waals surface area contributed by atoms with Gasteiger partial charge in [0.1, 0.15) is 0 Å². The molecule has 6 heteroatoms. The molecule has 1 heterocycles. The van der Waals surface area contributed by atoms with E-state index in [1.54, 1.807) is 0 Å². The van der Waals surface area contributed by atoms with Gasteiger partial charge in [0.2, 0.25) is 0 Å². The van der Waals surface area contributed by atoms with Crippen LogP contribution in [0.25, 0.3) is 0 Å². The van der Waals surface area contributed by atoms with Crippen molar-refractivity contribution >= 4 is 41.7 Å². The van der Waals surface area contributed by atoms with E-state index in [1.807, 2.05) is 6.92 Å². The first kappa shape index (κ1) is 20.3. The molecule has 0 saturated carbocycles. The number of thioether (sulfide) groups is 1. The third-order valence-electron chi connectivity index (χ3n) is 3.17. The standard InChI is InChI=1S/C14H29N3OS.HI/c1-5-15-14(16-7-9-18-6-2)17-8-10-19-13(11-17)12(3)4;/h12-13H,5-11H2,1-4H3,(H,15,16);1H. The van der Waals surface area contributed by atoms with E-state index >= 15 is 0 Å². The zero-order chi connectivity index (χ0) is 14.1. The van der Waals surface area contributed by atoms with E-state index in [-0.39, 0.29) is 24.0 Å². The van der Waals surface area contributed by atoms with Crippen molar-refractivity contribution < 1.29 is 4.74 Å². The van der Waals surface area contributed by atoms with Crippen LogP contribution in [0.5, 0.6) is 0 Å². The summed E-state index contributed by atoms with van der Waals surface area (Å²) in [6, 6.07) is 0. The van der Waals surface area contributed by atoms with Crippen LogP contribution in [0.1, 0.15) is 27.7 Å². The molecule has 0 spiro atoms. The monoisotopic (exact) mass is 415 g/mol. The molecule has 20 heavy (non-hydrogen) atoms. The highest BCUT2D eigenvalue weighted by Crippen LogP contribution is 2.24. The third kappa shape index (κ3) is 7.36. The van der Waals surface area contributed by atoms with Crippen LogP contribution in [0.4, 0.5) is 0 Å². The van der Waals surface area contributed by atoms with Crippen molar-refractivity contribution in [1.82, 2.24) is 10.2 Å². The SMILES string of the molecule is CCNC(=NCCOCC)N1CCSC(C(C)C)C1.I. The number of hydrogen-bond donors (Lipinski definition) is 1. The Morgan fingerprint density at radius 3 is 2.80 bits per heavy atom. The minimum Gasteiger partial charge on any atom is -0.380 e. The zero-order valence-electron chi connectivity index (χ0n) is 13.2. The minimum absolute atomic E-state index is 0. The Kier molecular flexibility index (Phi) is 12.1. The van der Waals surface area contributed by atoms with Crippen LogP contribution in [-0.2, 0) is 4.74 Å². The fourth-order valence-corrected chi connectivity index (χ4v) is 3.36. The lowest BCUT2D eigenvalue weighted by atomic mass is 10.1. The highest BCUT2D eigenvalue weighted by Gasteiger charge is 2.24. The molecule has 0 radical (unpaired) electrons. The van der Waals surface area contributed by atoms with Crippen molar-refractivity contribution in [2.75, 3.05) is 45.1 Å². The summed E-state index contributed by atoms with van der Waals surface area (Å²) in [5.41, 5.74) is 0.